The zero-order chi connectivity index (χ0) is 19.9. The van der Waals surface area contributed by atoms with Gasteiger partial charge in [-0.3, -0.25) is 9.48 Å². The number of aryl methyl sites for hydroxylation is 1. The van der Waals surface area contributed by atoms with Gasteiger partial charge < -0.3 is 10.1 Å². The SMILES string of the molecule is COCCn1ncc(Cl)c1C(=O)Nc1ncc(C#Cc2ccccc2)cc1C. The molecule has 0 spiro atoms. The number of nitrogens with zero attached hydrogens (tertiary/aromatic N) is 3. The zero-order valence-electron chi connectivity index (χ0n) is 15.6. The number of methoxy groups -OCH3 is 1. The van der Waals surface area contributed by atoms with Crippen LogP contribution < -0.4 is 5.32 Å². The van der Waals surface area contributed by atoms with Gasteiger partial charge in [0, 0.05) is 24.4 Å². The number of carbonyl (C=O) groups excluding carboxylic acids is 1. The van der Waals surface area contributed by atoms with Crippen LogP contribution in [0, 0.1) is 18.8 Å². The number of hydrogen-bond donors (Lipinski definition) is 1. The van der Waals surface area contributed by atoms with Crippen LogP contribution in [0.3, 0.4) is 0 Å². The second-order valence-electron chi connectivity index (χ2n) is 6.02. The van der Waals surface area contributed by atoms with Crippen molar-refractivity contribution in [3.63, 3.8) is 0 Å². The van der Waals surface area contributed by atoms with Crippen molar-refractivity contribution < 1.29 is 9.53 Å². The quantitative estimate of drug-likeness (QED) is 0.672. The van der Waals surface area contributed by atoms with E-state index in [2.05, 4.69) is 27.2 Å². The monoisotopic (exact) mass is 394 g/mol. The van der Waals surface area contributed by atoms with Crippen LogP contribution in [-0.2, 0) is 11.3 Å². The van der Waals surface area contributed by atoms with E-state index in [1.807, 2.05) is 43.3 Å². The van der Waals surface area contributed by atoms with Gasteiger partial charge in [0.1, 0.15) is 11.5 Å². The molecule has 6 nitrogen and oxygen atoms in total. The Morgan fingerprint density at radius 1 is 1.21 bits per heavy atom. The predicted molar refractivity (Wildman–Crippen MR) is 108 cm³/mol. The highest BCUT2D eigenvalue weighted by Crippen LogP contribution is 2.19. The minimum Gasteiger partial charge on any atom is -0.383 e. The van der Waals surface area contributed by atoms with Crippen LogP contribution in [0.2, 0.25) is 5.02 Å². The van der Waals surface area contributed by atoms with Gasteiger partial charge in [0.2, 0.25) is 0 Å². The summed E-state index contributed by atoms with van der Waals surface area (Å²) >= 11 is 6.13. The van der Waals surface area contributed by atoms with Gasteiger partial charge in [-0.25, -0.2) is 4.98 Å². The summed E-state index contributed by atoms with van der Waals surface area (Å²) in [5, 5.41) is 7.17. The lowest BCUT2D eigenvalue weighted by molar-refractivity contribution is 0.101. The highest BCUT2D eigenvalue weighted by molar-refractivity contribution is 6.34. The second kappa shape index (κ2) is 9.18. The first-order chi connectivity index (χ1) is 13.6. The third-order valence-corrected chi connectivity index (χ3v) is 4.23. The molecule has 2 heterocycles. The van der Waals surface area contributed by atoms with Crippen LogP contribution >= 0.6 is 11.6 Å². The Kier molecular flexibility index (Phi) is 6.43. The molecule has 1 aromatic carbocycles. The van der Waals surface area contributed by atoms with Crippen LogP contribution in [0.15, 0.2) is 48.8 Å². The molecule has 0 aliphatic heterocycles. The van der Waals surface area contributed by atoms with E-state index in [9.17, 15) is 4.79 Å². The van der Waals surface area contributed by atoms with Crippen molar-refractivity contribution >= 4 is 23.3 Å². The largest absolute Gasteiger partial charge is 0.383 e. The van der Waals surface area contributed by atoms with Crippen LogP contribution in [0.4, 0.5) is 5.82 Å². The number of hydrogen-bond acceptors (Lipinski definition) is 4. The molecular weight excluding hydrogens is 376 g/mol. The van der Waals surface area contributed by atoms with Crippen molar-refractivity contribution in [1.29, 1.82) is 0 Å². The van der Waals surface area contributed by atoms with E-state index in [-0.39, 0.29) is 16.6 Å². The summed E-state index contributed by atoms with van der Waals surface area (Å²) in [5.74, 6) is 6.24. The molecule has 28 heavy (non-hydrogen) atoms. The van der Waals surface area contributed by atoms with Crippen LogP contribution in [0.1, 0.15) is 27.2 Å². The van der Waals surface area contributed by atoms with Crippen molar-refractivity contribution in [2.45, 2.75) is 13.5 Å². The molecule has 0 fully saturated rings. The molecule has 0 radical (unpaired) electrons. The number of amides is 1. The summed E-state index contributed by atoms with van der Waals surface area (Å²) in [7, 11) is 1.58. The molecule has 1 amide bonds. The predicted octanol–water partition coefficient (Wildman–Crippen LogP) is 3.54. The molecule has 0 saturated heterocycles. The first kappa shape index (κ1) is 19.6. The maximum Gasteiger partial charge on any atom is 0.276 e. The number of halogens is 1. The number of pyridine rings is 1. The van der Waals surface area contributed by atoms with E-state index in [1.165, 1.54) is 10.9 Å². The molecule has 0 bridgehead atoms. The van der Waals surface area contributed by atoms with Gasteiger partial charge in [0.25, 0.3) is 5.91 Å². The summed E-state index contributed by atoms with van der Waals surface area (Å²) in [6, 6.07) is 11.6. The average molecular weight is 395 g/mol. The van der Waals surface area contributed by atoms with Gasteiger partial charge >= 0.3 is 0 Å². The Morgan fingerprint density at radius 3 is 2.68 bits per heavy atom. The third-order valence-electron chi connectivity index (χ3n) is 3.95. The summed E-state index contributed by atoms with van der Waals surface area (Å²) in [5.41, 5.74) is 2.76. The molecule has 142 valence electrons. The highest BCUT2D eigenvalue weighted by Gasteiger charge is 2.18. The van der Waals surface area contributed by atoms with Crippen molar-refractivity contribution in [2.75, 3.05) is 19.0 Å². The molecule has 3 rings (SSSR count). The van der Waals surface area contributed by atoms with E-state index >= 15 is 0 Å². The zero-order valence-corrected chi connectivity index (χ0v) is 16.3. The van der Waals surface area contributed by atoms with E-state index in [0.29, 0.717) is 19.0 Å². The third kappa shape index (κ3) is 4.77. The lowest BCUT2D eigenvalue weighted by atomic mass is 10.1. The van der Waals surface area contributed by atoms with E-state index in [0.717, 1.165) is 16.7 Å². The molecular formula is C21H19ClN4O2. The van der Waals surface area contributed by atoms with Gasteiger partial charge in [-0.1, -0.05) is 41.6 Å². The molecule has 3 aromatic rings. The topological polar surface area (TPSA) is 69.0 Å². The Labute approximate surface area is 168 Å². The second-order valence-corrected chi connectivity index (χ2v) is 6.42. The molecule has 0 aliphatic carbocycles. The summed E-state index contributed by atoms with van der Waals surface area (Å²) in [6.07, 6.45) is 3.07. The van der Waals surface area contributed by atoms with Gasteiger partial charge in [0.15, 0.2) is 0 Å². The minimum absolute atomic E-state index is 0.271. The number of carbonyl (C=O) groups is 1. The number of ether oxygens (including phenoxy) is 1. The molecule has 2 aromatic heterocycles. The number of rotatable bonds is 5. The molecule has 0 aliphatic rings. The van der Waals surface area contributed by atoms with Gasteiger partial charge in [-0.05, 0) is 30.7 Å². The fourth-order valence-electron chi connectivity index (χ4n) is 2.54. The fraction of sp³-hybridized carbons (Fsp3) is 0.190. The first-order valence-corrected chi connectivity index (χ1v) is 9.01. The Morgan fingerprint density at radius 2 is 1.96 bits per heavy atom. The van der Waals surface area contributed by atoms with Gasteiger partial charge in [-0.15, -0.1) is 0 Å². The number of anilines is 1. The Hall–Kier alpha value is -3.14. The van der Waals surface area contributed by atoms with E-state index in [4.69, 9.17) is 16.3 Å². The molecule has 0 atom stereocenters. The van der Waals surface area contributed by atoms with Crippen molar-refractivity contribution in [2.24, 2.45) is 0 Å². The maximum absolute atomic E-state index is 12.7. The normalized spacial score (nSPS) is 10.2. The molecule has 7 heteroatoms. The van der Waals surface area contributed by atoms with Crippen molar-refractivity contribution in [1.82, 2.24) is 14.8 Å². The number of aromatic nitrogens is 3. The maximum atomic E-state index is 12.7. The van der Waals surface area contributed by atoms with E-state index in [1.54, 1.807) is 13.3 Å². The van der Waals surface area contributed by atoms with Crippen LogP contribution in [0.25, 0.3) is 0 Å². The molecule has 0 saturated carbocycles. The van der Waals surface area contributed by atoms with E-state index < -0.39 is 0 Å². The summed E-state index contributed by atoms with van der Waals surface area (Å²) < 4.78 is 6.54. The highest BCUT2D eigenvalue weighted by atomic mass is 35.5. The number of benzene rings is 1. The minimum atomic E-state index is -0.377. The molecule has 0 unspecified atom stereocenters. The molecule has 1 N–H and O–H groups in total. The summed E-state index contributed by atoms with van der Waals surface area (Å²) in [4.78, 5) is 17.0. The Bertz CT molecular complexity index is 1040. The van der Waals surface area contributed by atoms with Crippen molar-refractivity contribution in [3.05, 3.63) is 76.2 Å². The summed E-state index contributed by atoms with van der Waals surface area (Å²) in [6.45, 7) is 2.71. The standard InChI is InChI=1S/C21H19ClN4O2/c1-15-12-17(9-8-16-6-4-3-5-7-16)13-23-20(15)25-21(27)19-18(22)14-24-26(19)10-11-28-2/h3-7,12-14H,10-11H2,1-2H3,(H,23,25,27). The van der Waals surface area contributed by atoms with Crippen LogP contribution in [0.5, 0.6) is 0 Å². The fourth-order valence-corrected chi connectivity index (χ4v) is 2.77. The van der Waals surface area contributed by atoms with Crippen molar-refractivity contribution in [3.8, 4) is 11.8 Å². The average Bonchev–Trinajstić information content (AvgIpc) is 3.08. The lowest BCUT2D eigenvalue weighted by Gasteiger charge is -2.10. The smallest absolute Gasteiger partial charge is 0.276 e. The van der Waals surface area contributed by atoms with Crippen LogP contribution in [-0.4, -0.2) is 34.4 Å². The van der Waals surface area contributed by atoms with Gasteiger partial charge in [-0.2, -0.15) is 5.10 Å². The van der Waals surface area contributed by atoms with Gasteiger partial charge in [0.05, 0.1) is 24.4 Å². The number of nitrogens with one attached hydrogen (secondary N) is 1. The lowest BCUT2D eigenvalue weighted by Crippen LogP contribution is -2.20. The first-order valence-electron chi connectivity index (χ1n) is 8.64. The Balaban J connectivity index is 1.76.